The molecule has 0 heterocycles. The van der Waals surface area contributed by atoms with Crippen molar-refractivity contribution in [2.75, 3.05) is 0 Å². The lowest BCUT2D eigenvalue weighted by Gasteiger charge is -2.02. The second-order valence-electron chi connectivity index (χ2n) is 3.49. The summed E-state index contributed by atoms with van der Waals surface area (Å²) in [6.45, 7) is 0. The largest absolute Gasteiger partial charge is 0.480 e. The van der Waals surface area contributed by atoms with Crippen LogP contribution in [0.25, 0.3) is 0 Å². The highest BCUT2D eigenvalue weighted by molar-refractivity contribution is 5.83. The van der Waals surface area contributed by atoms with Crippen LogP contribution in [0.1, 0.15) is 19.3 Å². The number of hydrogen-bond acceptors (Lipinski definition) is 2. The third kappa shape index (κ3) is 0.669. The van der Waals surface area contributed by atoms with E-state index in [1.54, 1.807) is 0 Å². The van der Waals surface area contributed by atoms with Gasteiger partial charge in [-0.3, -0.25) is 4.79 Å². The summed E-state index contributed by atoms with van der Waals surface area (Å²) in [6, 6.07) is 0. The molecule has 0 aromatic carbocycles. The smallest absolute Gasteiger partial charge is 0.323 e. The average Bonchev–Trinajstić information content (AvgIpc) is 2.57. The van der Waals surface area contributed by atoms with Crippen molar-refractivity contribution >= 4 is 5.97 Å². The first-order chi connectivity index (χ1) is 4.64. The van der Waals surface area contributed by atoms with Crippen LogP contribution in [0, 0.1) is 11.8 Å². The summed E-state index contributed by atoms with van der Waals surface area (Å²) < 4.78 is 0. The minimum absolute atomic E-state index is 0.296. The molecule has 56 valence electrons. The van der Waals surface area contributed by atoms with Crippen molar-refractivity contribution in [3.8, 4) is 0 Å². The summed E-state index contributed by atoms with van der Waals surface area (Å²) in [7, 11) is 0. The van der Waals surface area contributed by atoms with E-state index in [0.717, 1.165) is 0 Å². The topological polar surface area (TPSA) is 63.3 Å². The molecule has 2 aliphatic carbocycles. The molecular weight excluding hydrogens is 130 g/mol. The van der Waals surface area contributed by atoms with E-state index >= 15 is 0 Å². The predicted octanol–water partition coefficient (Wildman–Crippen LogP) is 0.198. The molecule has 3 heteroatoms. The summed E-state index contributed by atoms with van der Waals surface area (Å²) in [5.41, 5.74) is 4.74. The molecule has 10 heavy (non-hydrogen) atoms. The highest BCUT2D eigenvalue weighted by Crippen LogP contribution is 2.55. The summed E-state index contributed by atoms with van der Waals surface area (Å²) in [5, 5.41) is 8.63. The minimum atomic E-state index is -0.832. The Balaban J connectivity index is 2.02. The fourth-order valence-corrected chi connectivity index (χ4v) is 1.64. The van der Waals surface area contributed by atoms with Crippen molar-refractivity contribution in [1.29, 1.82) is 0 Å². The third-order valence-electron chi connectivity index (χ3n) is 2.65. The van der Waals surface area contributed by atoms with Crippen LogP contribution in [-0.4, -0.2) is 16.6 Å². The van der Waals surface area contributed by atoms with E-state index in [-0.39, 0.29) is 0 Å². The first kappa shape index (κ1) is 6.16. The van der Waals surface area contributed by atoms with Crippen molar-refractivity contribution < 1.29 is 9.90 Å². The van der Waals surface area contributed by atoms with Gasteiger partial charge in [-0.15, -0.1) is 0 Å². The number of hydrogen-bond donors (Lipinski definition) is 2. The second kappa shape index (κ2) is 1.53. The number of rotatable bonds is 2. The van der Waals surface area contributed by atoms with Crippen LogP contribution < -0.4 is 5.73 Å². The van der Waals surface area contributed by atoms with Gasteiger partial charge >= 0.3 is 5.97 Å². The maximum Gasteiger partial charge on any atom is 0.323 e. The molecule has 3 nitrogen and oxygen atoms in total. The molecule has 0 aromatic heterocycles. The quantitative estimate of drug-likeness (QED) is 0.577. The molecule has 2 aliphatic rings. The van der Waals surface area contributed by atoms with Gasteiger partial charge in [-0.2, -0.15) is 0 Å². The zero-order chi connectivity index (χ0) is 7.35. The number of aliphatic carboxylic acids is 1. The molecule has 0 aliphatic heterocycles. The molecule has 2 atom stereocenters. The van der Waals surface area contributed by atoms with E-state index in [4.69, 9.17) is 10.8 Å². The highest BCUT2D eigenvalue weighted by Gasteiger charge is 2.62. The first-order valence-electron chi connectivity index (χ1n) is 3.67. The van der Waals surface area contributed by atoms with Gasteiger partial charge in [0.2, 0.25) is 0 Å². The highest BCUT2D eigenvalue weighted by atomic mass is 16.4. The van der Waals surface area contributed by atoms with E-state index in [1.807, 2.05) is 0 Å². The molecule has 2 saturated carbocycles. The standard InChI is InChI=1S/C7H11NO2/c8-7(6(9)10)3-5(7)4-1-2-4/h4-5H,1-3,8H2,(H,9,10)/t5-,7-/m0/s1. The van der Waals surface area contributed by atoms with Crippen LogP contribution in [0.3, 0.4) is 0 Å². The minimum Gasteiger partial charge on any atom is -0.480 e. The van der Waals surface area contributed by atoms with Gasteiger partial charge in [-0.1, -0.05) is 0 Å². The SMILES string of the molecule is N[C@@]1(C(=O)O)C[C@H]1C1CC1. The monoisotopic (exact) mass is 141 g/mol. The Labute approximate surface area is 59.2 Å². The van der Waals surface area contributed by atoms with Crippen molar-refractivity contribution in [2.24, 2.45) is 17.6 Å². The number of carboxylic acid groups (broad SMARTS) is 1. The number of carbonyl (C=O) groups is 1. The van der Waals surface area contributed by atoms with Gasteiger partial charge in [0.15, 0.2) is 0 Å². The van der Waals surface area contributed by atoms with Gasteiger partial charge in [0.25, 0.3) is 0 Å². The molecule has 3 N–H and O–H groups in total. The Morgan fingerprint density at radius 3 is 2.50 bits per heavy atom. The third-order valence-corrected chi connectivity index (χ3v) is 2.65. The van der Waals surface area contributed by atoms with E-state index in [1.165, 1.54) is 12.8 Å². The summed E-state index contributed by atoms with van der Waals surface area (Å²) in [4.78, 5) is 10.5. The Kier molecular flexibility index (Phi) is 0.944. The molecule has 2 rings (SSSR count). The maximum absolute atomic E-state index is 10.5. The summed E-state index contributed by atoms with van der Waals surface area (Å²) >= 11 is 0. The number of nitrogens with two attached hydrogens (primary N) is 1. The van der Waals surface area contributed by atoms with Crippen LogP contribution in [0.15, 0.2) is 0 Å². The van der Waals surface area contributed by atoms with Crippen LogP contribution in [0.2, 0.25) is 0 Å². The molecule has 0 spiro atoms. The average molecular weight is 141 g/mol. The van der Waals surface area contributed by atoms with E-state index in [9.17, 15) is 4.79 Å². The normalized spacial score (nSPS) is 45.1. The zero-order valence-electron chi connectivity index (χ0n) is 5.71. The molecule has 0 radical (unpaired) electrons. The summed E-state index contributed by atoms with van der Waals surface area (Å²) in [5.74, 6) is 0.121. The van der Waals surface area contributed by atoms with Gasteiger partial charge in [0, 0.05) is 0 Å². The van der Waals surface area contributed by atoms with Crippen LogP contribution in [0.4, 0.5) is 0 Å². The Bertz CT molecular complexity index is 188. The number of carboxylic acids is 1. The molecule has 0 saturated heterocycles. The van der Waals surface area contributed by atoms with E-state index in [0.29, 0.717) is 18.3 Å². The van der Waals surface area contributed by atoms with Gasteiger partial charge in [-0.25, -0.2) is 0 Å². The van der Waals surface area contributed by atoms with Gasteiger partial charge < -0.3 is 10.8 Å². The van der Waals surface area contributed by atoms with Crippen molar-refractivity contribution in [1.82, 2.24) is 0 Å². The fourth-order valence-electron chi connectivity index (χ4n) is 1.64. The van der Waals surface area contributed by atoms with Crippen LogP contribution in [-0.2, 0) is 4.79 Å². The van der Waals surface area contributed by atoms with Crippen molar-refractivity contribution in [3.05, 3.63) is 0 Å². The van der Waals surface area contributed by atoms with Crippen LogP contribution >= 0.6 is 0 Å². The lowest BCUT2D eigenvalue weighted by molar-refractivity contribution is -0.140. The van der Waals surface area contributed by atoms with Crippen LogP contribution in [0.5, 0.6) is 0 Å². The lowest BCUT2D eigenvalue weighted by Crippen LogP contribution is -2.35. The van der Waals surface area contributed by atoms with Crippen molar-refractivity contribution in [3.63, 3.8) is 0 Å². The van der Waals surface area contributed by atoms with Crippen molar-refractivity contribution in [2.45, 2.75) is 24.8 Å². The molecule has 2 fully saturated rings. The Hall–Kier alpha value is -0.570. The Morgan fingerprint density at radius 1 is 1.60 bits per heavy atom. The van der Waals surface area contributed by atoms with E-state index < -0.39 is 11.5 Å². The molecule has 0 bridgehead atoms. The molecule has 0 amide bonds. The zero-order valence-corrected chi connectivity index (χ0v) is 5.71. The Morgan fingerprint density at radius 2 is 2.20 bits per heavy atom. The lowest BCUT2D eigenvalue weighted by atomic mass is 10.1. The molecule has 0 unspecified atom stereocenters. The first-order valence-corrected chi connectivity index (χ1v) is 3.67. The van der Waals surface area contributed by atoms with Gasteiger partial charge in [-0.05, 0) is 31.1 Å². The second-order valence-corrected chi connectivity index (χ2v) is 3.49. The molecule has 0 aromatic rings. The molecular formula is C7H11NO2. The summed E-state index contributed by atoms with van der Waals surface area (Å²) in [6.07, 6.45) is 3.08. The maximum atomic E-state index is 10.5. The van der Waals surface area contributed by atoms with E-state index in [2.05, 4.69) is 0 Å². The van der Waals surface area contributed by atoms with Gasteiger partial charge in [0.1, 0.15) is 5.54 Å². The fraction of sp³-hybridized carbons (Fsp3) is 0.857. The van der Waals surface area contributed by atoms with Gasteiger partial charge in [0.05, 0.1) is 0 Å². The predicted molar refractivity (Wildman–Crippen MR) is 35.4 cm³/mol.